The van der Waals surface area contributed by atoms with Gasteiger partial charge in [0.1, 0.15) is 5.69 Å². The third-order valence-electron chi connectivity index (χ3n) is 2.62. The summed E-state index contributed by atoms with van der Waals surface area (Å²) in [5, 5.41) is 13.8. The molecular weight excluding hydrogens is 362 g/mol. The average Bonchev–Trinajstić information content (AvgIpc) is 2.33. The van der Waals surface area contributed by atoms with Crippen molar-refractivity contribution < 1.29 is 9.31 Å². The molecule has 0 radical (unpaired) electrons. The van der Waals surface area contributed by atoms with Crippen LogP contribution in [0, 0.1) is 26.4 Å². The van der Waals surface area contributed by atoms with Crippen molar-refractivity contribution in [3.05, 3.63) is 61.5 Å². The molecule has 6 heteroatoms. The SMILES string of the molecule is Cc1ccc(Nc2cccc(F)c2[N+](=O)[O-])cc1I. The van der Waals surface area contributed by atoms with Gasteiger partial charge in [-0.3, -0.25) is 10.1 Å². The van der Waals surface area contributed by atoms with Gasteiger partial charge in [0.25, 0.3) is 0 Å². The minimum absolute atomic E-state index is 0.143. The van der Waals surface area contributed by atoms with E-state index in [1.807, 2.05) is 19.1 Å². The third-order valence-corrected chi connectivity index (χ3v) is 3.78. The van der Waals surface area contributed by atoms with Crippen LogP contribution in [0.5, 0.6) is 0 Å². The number of benzene rings is 2. The maximum absolute atomic E-state index is 13.5. The summed E-state index contributed by atoms with van der Waals surface area (Å²) in [5.41, 5.74) is 1.39. The topological polar surface area (TPSA) is 55.2 Å². The van der Waals surface area contributed by atoms with Crippen molar-refractivity contribution in [2.75, 3.05) is 5.32 Å². The molecule has 2 aromatic carbocycles. The normalized spacial score (nSPS) is 10.3. The van der Waals surface area contributed by atoms with Gasteiger partial charge in [-0.1, -0.05) is 12.1 Å². The van der Waals surface area contributed by atoms with E-state index in [-0.39, 0.29) is 5.69 Å². The molecular formula is C13H10FIN2O2. The van der Waals surface area contributed by atoms with E-state index in [0.717, 1.165) is 15.2 Å². The predicted molar refractivity (Wildman–Crippen MR) is 80.2 cm³/mol. The second-order valence-electron chi connectivity index (χ2n) is 3.98. The standard InChI is InChI=1S/C13H10FIN2O2/c1-8-5-6-9(7-11(8)15)16-12-4-2-3-10(14)13(12)17(18)19/h2-7,16H,1H3. The van der Waals surface area contributed by atoms with Crippen LogP contribution in [0.25, 0.3) is 0 Å². The Hall–Kier alpha value is -1.70. The summed E-state index contributed by atoms with van der Waals surface area (Å²) in [6.07, 6.45) is 0. The van der Waals surface area contributed by atoms with Crippen LogP contribution in [0.15, 0.2) is 36.4 Å². The zero-order chi connectivity index (χ0) is 14.0. The molecule has 0 aromatic heterocycles. The summed E-state index contributed by atoms with van der Waals surface area (Å²) in [7, 11) is 0. The zero-order valence-electron chi connectivity index (χ0n) is 9.98. The highest BCUT2D eigenvalue weighted by Gasteiger charge is 2.19. The van der Waals surface area contributed by atoms with Crippen LogP contribution in [0.4, 0.5) is 21.5 Å². The summed E-state index contributed by atoms with van der Waals surface area (Å²) in [5.74, 6) is -0.850. The molecule has 0 heterocycles. The quantitative estimate of drug-likeness (QED) is 0.494. The van der Waals surface area contributed by atoms with Crippen LogP contribution >= 0.6 is 22.6 Å². The summed E-state index contributed by atoms with van der Waals surface area (Å²) in [4.78, 5) is 10.2. The molecule has 0 amide bonds. The molecule has 0 aliphatic carbocycles. The van der Waals surface area contributed by atoms with Crippen molar-refractivity contribution >= 4 is 39.7 Å². The number of hydrogen-bond donors (Lipinski definition) is 1. The predicted octanol–water partition coefficient (Wildman–Crippen LogP) is 4.39. The summed E-state index contributed by atoms with van der Waals surface area (Å²) >= 11 is 2.17. The van der Waals surface area contributed by atoms with Crippen molar-refractivity contribution in [1.82, 2.24) is 0 Å². The van der Waals surface area contributed by atoms with Crippen LogP contribution in [0.3, 0.4) is 0 Å². The lowest BCUT2D eigenvalue weighted by Crippen LogP contribution is -2.00. The monoisotopic (exact) mass is 372 g/mol. The first-order valence-corrected chi connectivity index (χ1v) is 6.53. The molecule has 2 rings (SSSR count). The second-order valence-corrected chi connectivity index (χ2v) is 5.14. The fraction of sp³-hybridized carbons (Fsp3) is 0.0769. The van der Waals surface area contributed by atoms with Gasteiger partial charge in [0.15, 0.2) is 0 Å². The Bertz CT molecular complexity index is 647. The lowest BCUT2D eigenvalue weighted by molar-refractivity contribution is -0.386. The molecule has 1 N–H and O–H groups in total. The Morgan fingerprint density at radius 3 is 2.68 bits per heavy atom. The van der Waals surface area contributed by atoms with Gasteiger partial charge >= 0.3 is 5.69 Å². The minimum Gasteiger partial charge on any atom is -0.350 e. The molecule has 0 saturated carbocycles. The largest absolute Gasteiger partial charge is 0.350 e. The summed E-state index contributed by atoms with van der Waals surface area (Å²) in [6, 6.07) is 9.53. The van der Waals surface area contributed by atoms with Crippen molar-refractivity contribution in [3.8, 4) is 0 Å². The molecule has 0 spiro atoms. The van der Waals surface area contributed by atoms with Crippen molar-refractivity contribution in [2.45, 2.75) is 6.92 Å². The van der Waals surface area contributed by atoms with Gasteiger partial charge in [-0.05, 0) is 59.3 Å². The van der Waals surface area contributed by atoms with Crippen molar-refractivity contribution in [2.24, 2.45) is 0 Å². The van der Waals surface area contributed by atoms with Gasteiger partial charge in [0.05, 0.1) is 4.92 Å². The fourth-order valence-electron chi connectivity index (χ4n) is 1.63. The van der Waals surface area contributed by atoms with Gasteiger partial charge in [0, 0.05) is 9.26 Å². The molecule has 0 fully saturated rings. The van der Waals surface area contributed by atoms with Gasteiger partial charge in [-0.2, -0.15) is 4.39 Å². The van der Waals surface area contributed by atoms with E-state index in [1.165, 1.54) is 12.1 Å². The summed E-state index contributed by atoms with van der Waals surface area (Å²) < 4.78 is 14.5. The van der Waals surface area contributed by atoms with E-state index < -0.39 is 16.4 Å². The van der Waals surface area contributed by atoms with Crippen molar-refractivity contribution in [1.29, 1.82) is 0 Å². The number of hydrogen-bond acceptors (Lipinski definition) is 3. The van der Waals surface area contributed by atoms with E-state index in [9.17, 15) is 14.5 Å². The molecule has 0 bridgehead atoms. The van der Waals surface area contributed by atoms with E-state index >= 15 is 0 Å². The fourth-order valence-corrected chi connectivity index (χ4v) is 2.14. The summed E-state index contributed by atoms with van der Waals surface area (Å²) in [6.45, 7) is 1.97. The Balaban J connectivity index is 2.40. The number of nitrogens with zero attached hydrogens (tertiary/aromatic N) is 1. The van der Waals surface area contributed by atoms with Crippen LogP contribution in [0.1, 0.15) is 5.56 Å². The second kappa shape index (κ2) is 5.52. The lowest BCUT2D eigenvalue weighted by Gasteiger charge is -2.08. The number of halogens is 2. The van der Waals surface area contributed by atoms with Gasteiger partial charge < -0.3 is 5.32 Å². The first-order chi connectivity index (χ1) is 8.99. The molecule has 0 atom stereocenters. The number of para-hydroxylation sites is 1. The molecule has 98 valence electrons. The first-order valence-electron chi connectivity index (χ1n) is 5.45. The maximum atomic E-state index is 13.5. The van der Waals surface area contributed by atoms with E-state index in [2.05, 4.69) is 27.9 Å². The molecule has 2 aromatic rings. The van der Waals surface area contributed by atoms with Gasteiger partial charge in [0.2, 0.25) is 5.82 Å². The van der Waals surface area contributed by atoms with E-state index in [1.54, 1.807) is 6.07 Å². The minimum atomic E-state index is -0.850. The number of nitro groups is 1. The van der Waals surface area contributed by atoms with E-state index in [4.69, 9.17) is 0 Å². The lowest BCUT2D eigenvalue weighted by atomic mass is 10.2. The van der Waals surface area contributed by atoms with Crippen LogP contribution in [-0.2, 0) is 0 Å². The average molecular weight is 372 g/mol. The smallest absolute Gasteiger partial charge is 0.327 e. The zero-order valence-corrected chi connectivity index (χ0v) is 12.1. The number of rotatable bonds is 3. The van der Waals surface area contributed by atoms with Crippen LogP contribution < -0.4 is 5.32 Å². The number of nitro benzene ring substituents is 1. The highest BCUT2D eigenvalue weighted by molar-refractivity contribution is 14.1. The van der Waals surface area contributed by atoms with Gasteiger partial charge in [-0.25, -0.2) is 0 Å². The Morgan fingerprint density at radius 1 is 1.32 bits per heavy atom. The third kappa shape index (κ3) is 3.01. The van der Waals surface area contributed by atoms with E-state index in [0.29, 0.717) is 5.69 Å². The van der Waals surface area contributed by atoms with Crippen LogP contribution in [0.2, 0.25) is 0 Å². The number of aryl methyl sites for hydroxylation is 1. The molecule has 0 saturated heterocycles. The molecule has 0 aliphatic rings. The molecule has 0 aliphatic heterocycles. The molecule has 0 unspecified atom stereocenters. The maximum Gasteiger partial charge on any atom is 0.327 e. The number of anilines is 2. The first kappa shape index (κ1) is 13.7. The highest BCUT2D eigenvalue weighted by Crippen LogP contribution is 2.30. The Morgan fingerprint density at radius 2 is 2.05 bits per heavy atom. The van der Waals surface area contributed by atoms with Crippen LogP contribution in [-0.4, -0.2) is 4.92 Å². The number of nitrogens with one attached hydrogen (secondary N) is 1. The van der Waals surface area contributed by atoms with Crippen molar-refractivity contribution in [3.63, 3.8) is 0 Å². The van der Waals surface area contributed by atoms with Gasteiger partial charge in [-0.15, -0.1) is 0 Å². The molecule has 19 heavy (non-hydrogen) atoms. The Labute approximate surface area is 122 Å². The molecule has 4 nitrogen and oxygen atoms in total. The highest BCUT2D eigenvalue weighted by atomic mass is 127. The Kier molecular flexibility index (Phi) is 3.98.